The molecule has 0 atom stereocenters. The number of H-pyrrole nitrogens is 1. The molecule has 1 N–H and O–H groups in total. The highest BCUT2D eigenvalue weighted by molar-refractivity contribution is 6.36. The minimum atomic E-state index is -0.271. The van der Waals surface area contributed by atoms with Crippen molar-refractivity contribution in [1.82, 2.24) is 4.98 Å². The van der Waals surface area contributed by atoms with Gasteiger partial charge in [-0.1, -0.05) is 23.2 Å². The minimum absolute atomic E-state index is 0.160. The minimum Gasteiger partial charge on any atom is -0.496 e. The Morgan fingerprint density at radius 3 is 2.62 bits per heavy atom. The fourth-order valence-electron chi connectivity index (χ4n) is 1.60. The van der Waals surface area contributed by atoms with Gasteiger partial charge in [-0.05, 0) is 19.1 Å². The third kappa shape index (κ3) is 1.56. The van der Waals surface area contributed by atoms with Gasteiger partial charge in [0.05, 0.1) is 23.0 Å². The second kappa shape index (κ2) is 4.00. The number of hydrogen-bond acceptors (Lipinski definition) is 2. The van der Waals surface area contributed by atoms with Crippen molar-refractivity contribution in [3.63, 3.8) is 0 Å². The summed E-state index contributed by atoms with van der Waals surface area (Å²) < 4.78 is 5.12. The molecule has 0 spiro atoms. The highest BCUT2D eigenvalue weighted by Gasteiger charge is 2.13. The molecular formula is C11H9Cl2NO2. The van der Waals surface area contributed by atoms with Gasteiger partial charge in [0.15, 0.2) is 0 Å². The van der Waals surface area contributed by atoms with Gasteiger partial charge in [0, 0.05) is 5.69 Å². The number of hydrogen-bond donors (Lipinski definition) is 1. The molecule has 0 aliphatic rings. The van der Waals surface area contributed by atoms with Gasteiger partial charge in [-0.15, -0.1) is 0 Å². The molecule has 0 aliphatic heterocycles. The number of halogens is 2. The maximum atomic E-state index is 12.0. The number of rotatable bonds is 1. The second-order valence-corrected chi connectivity index (χ2v) is 4.18. The summed E-state index contributed by atoms with van der Waals surface area (Å²) in [5, 5.41) is 1.01. The summed E-state index contributed by atoms with van der Waals surface area (Å²) in [6.07, 6.45) is 0. The van der Waals surface area contributed by atoms with Crippen molar-refractivity contribution in [2.45, 2.75) is 6.92 Å². The molecule has 0 saturated carbocycles. The zero-order chi connectivity index (χ0) is 11.9. The van der Waals surface area contributed by atoms with Gasteiger partial charge in [-0.3, -0.25) is 4.79 Å². The normalized spacial score (nSPS) is 10.8. The van der Waals surface area contributed by atoms with E-state index in [-0.39, 0.29) is 10.5 Å². The number of pyridine rings is 1. The smallest absolute Gasteiger partial charge is 0.212 e. The Labute approximate surface area is 102 Å². The van der Waals surface area contributed by atoms with E-state index in [1.54, 1.807) is 19.1 Å². The topological polar surface area (TPSA) is 42.1 Å². The monoisotopic (exact) mass is 257 g/mol. The van der Waals surface area contributed by atoms with Gasteiger partial charge in [-0.25, -0.2) is 0 Å². The van der Waals surface area contributed by atoms with Crippen LogP contribution in [0.4, 0.5) is 0 Å². The summed E-state index contributed by atoms with van der Waals surface area (Å²) >= 11 is 11.9. The Morgan fingerprint density at radius 1 is 1.31 bits per heavy atom. The van der Waals surface area contributed by atoms with Crippen LogP contribution in [-0.2, 0) is 0 Å². The lowest BCUT2D eigenvalue weighted by molar-refractivity contribution is 0.419. The molecule has 0 amide bonds. The molecule has 0 bridgehead atoms. The average Bonchev–Trinajstić information content (AvgIpc) is 2.27. The molecule has 3 nitrogen and oxygen atoms in total. The predicted molar refractivity (Wildman–Crippen MR) is 65.9 cm³/mol. The molecule has 0 radical (unpaired) electrons. The summed E-state index contributed by atoms with van der Waals surface area (Å²) in [6.45, 7) is 1.72. The number of aryl methyl sites for hydroxylation is 1. The largest absolute Gasteiger partial charge is 0.496 e. The first-order valence-corrected chi connectivity index (χ1v) is 5.36. The van der Waals surface area contributed by atoms with E-state index in [2.05, 4.69) is 4.98 Å². The molecule has 2 aromatic rings. The molecule has 1 heterocycles. The zero-order valence-electron chi connectivity index (χ0n) is 8.73. The molecule has 1 aromatic carbocycles. The third-order valence-corrected chi connectivity index (χ3v) is 3.17. The molecular weight excluding hydrogens is 249 g/mol. The maximum Gasteiger partial charge on any atom is 0.212 e. The molecule has 84 valence electrons. The van der Waals surface area contributed by atoms with Crippen molar-refractivity contribution in [2.75, 3.05) is 7.11 Å². The number of aromatic amines is 1. The Bertz CT molecular complexity index is 619. The van der Waals surface area contributed by atoms with Crippen LogP contribution in [-0.4, -0.2) is 12.1 Å². The average molecular weight is 258 g/mol. The fraction of sp³-hybridized carbons (Fsp3) is 0.182. The van der Waals surface area contributed by atoms with Crippen molar-refractivity contribution in [3.8, 4) is 5.75 Å². The summed E-state index contributed by atoms with van der Waals surface area (Å²) in [5.74, 6) is 0.461. The van der Waals surface area contributed by atoms with Gasteiger partial charge in [0.2, 0.25) is 5.43 Å². The van der Waals surface area contributed by atoms with E-state index in [0.717, 1.165) is 0 Å². The van der Waals surface area contributed by atoms with E-state index >= 15 is 0 Å². The van der Waals surface area contributed by atoms with Crippen LogP contribution in [0.25, 0.3) is 10.9 Å². The van der Waals surface area contributed by atoms with Crippen LogP contribution in [0.3, 0.4) is 0 Å². The van der Waals surface area contributed by atoms with Crippen LogP contribution in [0.1, 0.15) is 5.69 Å². The Kier molecular flexibility index (Phi) is 2.82. The lowest BCUT2D eigenvalue weighted by atomic mass is 10.1. The van der Waals surface area contributed by atoms with Crippen LogP contribution in [0.15, 0.2) is 16.9 Å². The lowest BCUT2D eigenvalue weighted by Gasteiger charge is -2.08. The first kappa shape index (κ1) is 11.3. The molecule has 1 aromatic heterocycles. The van der Waals surface area contributed by atoms with Gasteiger partial charge in [0.25, 0.3) is 0 Å². The molecule has 5 heteroatoms. The van der Waals surface area contributed by atoms with E-state index in [1.807, 2.05) is 0 Å². The highest BCUT2D eigenvalue weighted by atomic mass is 35.5. The zero-order valence-corrected chi connectivity index (χ0v) is 10.2. The van der Waals surface area contributed by atoms with E-state index in [0.29, 0.717) is 27.4 Å². The Hall–Kier alpha value is -1.19. The van der Waals surface area contributed by atoms with Crippen LogP contribution in [0, 0.1) is 6.92 Å². The molecule has 0 unspecified atom stereocenters. The number of benzene rings is 1. The SMILES string of the molecule is COc1ccc(Cl)c2[nH]c(C)c(Cl)c(=O)c12. The third-order valence-electron chi connectivity index (χ3n) is 2.40. The first-order valence-electron chi connectivity index (χ1n) is 4.61. The Balaban J connectivity index is 3.06. The molecule has 0 aliphatic carbocycles. The summed E-state index contributed by atoms with van der Waals surface area (Å²) in [5.41, 5.74) is 0.870. The highest BCUT2D eigenvalue weighted by Crippen LogP contribution is 2.29. The maximum absolute atomic E-state index is 12.0. The summed E-state index contributed by atoms with van der Waals surface area (Å²) in [4.78, 5) is 15.0. The standard InChI is InChI=1S/C11H9Cl2NO2/c1-5-9(13)11(15)8-7(16-2)4-3-6(12)10(8)14-5/h3-4H,1-2H3,(H,14,15). The van der Waals surface area contributed by atoms with Gasteiger partial charge in [0.1, 0.15) is 10.8 Å². The Morgan fingerprint density at radius 2 is 2.00 bits per heavy atom. The van der Waals surface area contributed by atoms with Gasteiger partial charge < -0.3 is 9.72 Å². The fourth-order valence-corrected chi connectivity index (χ4v) is 1.94. The quantitative estimate of drug-likeness (QED) is 0.853. The summed E-state index contributed by atoms with van der Waals surface area (Å²) in [7, 11) is 1.50. The van der Waals surface area contributed by atoms with Crippen molar-refractivity contribution in [1.29, 1.82) is 0 Å². The number of aromatic nitrogens is 1. The van der Waals surface area contributed by atoms with E-state index in [9.17, 15) is 4.79 Å². The molecule has 0 fully saturated rings. The van der Waals surface area contributed by atoms with Crippen molar-refractivity contribution in [2.24, 2.45) is 0 Å². The number of nitrogens with one attached hydrogen (secondary N) is 1. The molecule has 16 heavy (non-hydrogen) atoms. The van der Waals surface area contributed by atoms with Gasteiger partial charge in [-0.2, -0.15) is 0 Å². The van der Waals surface area contributed by atoms with E-state index in [1.165, 1.54) is 7.11 Å². The van der Waals surface area contributed by atoms with Crippen LogP contribution in [0.5, 0.6) is 5.75 Å². The van der Waals surface area contributed by atoms with E-state index in [4.69, 9.17) is 27.9 Å². The van der Waals surface area contributed by atoms with Gasteiger partial charge >= 0.3 is 0 Å². The van der Waals surface area contributed by atoms with Crippen LogP contribution < -0.4 is 10.2 Å². The number of fused-ring (bicyclic) bond motifs is 1. The number of methoxy groups -OCH3 is 1. The van der Waals surface area contributed by atoms with Crippen molar-refractivity contribution < 1.29 is 4.74 Å². The molecule has 0 saturated heterocycles. The van der Waals surface area contributed by atoms with E-state index < -0.39 is 0 Å². The predicted octanol–water partition coefficient (Wildman–Crippen LogP) is 3.15. The van der Waals surface area contributed by atoms with Crippen molar-refractivity contribution >= 4 is 34.1 Å². The summed E-state index contributed by atoms with van der Waals surface area (Å²) in [6, 6.07) is 3.32. The second-order valence-electron chi connectivity index (χ2n) is 3.39. The van der Waals surface area contributed by atoms with Crippen molar-refractivity contribution in [3.05, 3.63) is 38.1 Å². The first-order chi connectivity index (χ1) is 7.56. The molecule has 2 rings (SSSR count). The number of ether oxygens (including phenoxy) is 1. The van der Waals surface area contributed by atoms with Crippen LogP contribution >= 0.6 is 23.2 Å². The lowest BCUT2D eigenvalue weighted by Crippen LogP contribution is -2.08. The van der Waals surface area contributed by atoms with Crippen LogP contribution in [0.2, 0.25) is 10.0 Å².